The summed E-state index contributed by atoms with van der Waals surface area (Å²) in [5.41, 5.74) is 2.55. The summed E-state index contributed by atoms with van der Waals surface area (Å²) in [6.45, 7) is 3.85. The molecule has 0 atom stereocenters. The molecule has 1 aliphatic rings. The standard InChI is InChI=1S/C15H18BrN3/c1-11-17-8-14(9-18-13-6-7-13)19(11)10-12-4-2-3-5-15(12)16/h2-5,8,13,18H,6-7,9-10H2,1H3. The average Bonchev–Trinajstić information content (AvgIpc) is 3.17. The molecule has 0 unspecified atom stereocenters. The van der Waals surface area contributed by atoms with Crippen LogP contribution < -0.4 is 5.32 Å². The summed E-state index contributed by atoms with van der Waals surface area (Å²) in [5.74, 6) is 1.07. The highest BCUT2D eigenvalue weighted by Gasteiger charge is 2.21. The first-order valence-electron chi connectivity index (χ1n) is 6.72. The molecule has 0 radical (unpaired) electrons. The molecular weight excluding hydrogens is 302 g/mol. The number of benzene rings is 1. The molecule has 2 aromatic rings. The van der Waals surface area contributed by atoms with Crippen LogP contribution in [0.5, 0.6) is 0 Å². The number of aryl methyl sites for hydroxylation is 1. The lowest BCUT2D eigenvalue weighted by molar-refractivity contribution is 0.626. The highest BCUT2D eigenvalue weighted by molar-refractivity contribution is 9.10. The van der Waals surface area contributed by atoms with Gasteiger partial charge in [0.05, 0.1) is 12.2 Å². The number of imidazole rings is 1. The van der Waals surface area contributed by atoms with Gasteiger partial charge in [-0.2, -0.15) is 0 Å². The van der Waals surface area contributed by atoms with Crippen LogP contribution in [0.4, 0.5) is 0 Å². The number of nitrogens with zero attached hydrogens (tertiary/aromatic N) is 2. The van der Waals surface area contributed by atoms with E-state index in [2.05, 4.69) is 55.9 Å². The molecule has 0 amide bonds. The summed E-state index contributed by atoms with van der Waals surface area (Å²) in [4.78, 5) is 4.45. The molecule has 0 saturated heterocycles. The van der Waals surface area contributed by atoms with Gasteiger partial charge < -0.3 is 9.88 Å². The Morgan fingerprint density at radius 2 is 2.16 bits per heavy atom. The van der Waals surface area contributed by atoms with E-state index < -0.39 is 0 Å². The molecule has 4 heteroatoms. The third kappa shape index (κ3) is 3.07. The summed E-state index contributed by atoms with van der Waals surface area (Å²) in [6, 6.07) is 9.09. The van der Waals surface area contributed by atoms with E-state index in [0.717, 1.165) is 29.4 Å². The minimum Gasteiger partial charge on any atom is -0.327 e. The minimum atomic E-state index is 0.729. The van der Waals surface area contributed by atoms with Gasteiger partial charge in [-0.25, -0.2) is 4.98 Å². The number of nitrogens with one attached hydrogen (secondary N) is 1. The quantitative estimate of drug-likeness (QED) is 0.916. The van der Waals surface area contributed by atoms with E-state index in [4.69, 9.17) is 0 Å². The van der Waals surface area contributed by atoms with Gasteiger partial charge in [-0.15, -0.1) is 0 Å². The maximum Gasteiger partial charge on any atom is 0.106 e. The molecule has 1 saturated carbocycles. The van der Waals surface area contributed by atoms with Gasteiger partial charge in [0.25, 0.3) is 0 Å². The lowest BCUT2D eigenvalue weighted by Crippen LogP contribution is -2.18. The van der Waals surface area contributed by atoms with Crippen molar-refractivity contribution in [3.05, 3.63) is 52.0 Å². The first-order chi connectivity index (χ1) is 9.24. The molecule has 1 aromatic carbocycles. The van der Waals surface area contributed by atoms with E-state index in [1.54, 1.807) is 0 Å². The van der Waals surface area contributed by atoms with Gasteiger partial charge in [0.15, 0.2) is 0 Å². The zero-order chi connectivity index (χ0) is 13.2. The molecule has 1 heterocycles. The minimum absolute atomic E-state index is 0.729. The second-order valence-electron chi connectivity index (χ2n) is 5.13. The van der Waals surface area contributed by atoms with E-state index in [1.807, 2.05) is 12.3 Å². The Hall–Kier alpha value is -1.13. The lowest BCUT2D eigenvalue weighted by Gasteiger charge is -2.12. The normalized spacial score (nSPS) is 14.8. The number of rotatable bonds is 5. The highest BCUT2D eigenvalue weighted by atomic mass is 79.9. The molecule has 100 valence electrons. The van der Waals surface area contributed by atoms with Crippen molar-refractivity contribution in [2.24, 2.45) is 0 Å². The van der Waals surface area contributed by atoms with E-state index in [9.17, 15) is 0 Å². The van der Waals surface area contributed by atoms with Crippen molar-refractivity contribution in [3.8, 4) is 0 Å². The summed E-state index contributed by atoms with van der Waals surface area (Å²) >= 11 is 3.61. The van der Waals surface area contributed by atoms with Gasteiger partial charge in [-0.3, -0.25) is 0 Å². The monoisotopic (exact) mass is 319 g/mol. The maximum atomic E-state index is 4.45. The van der Waals surface area contributed by atoms with Crippen LogP contribution >= 0.6 is 15.9 Å². The molecule has 0 aliphatic heterocycles. The van der Waals surface area contributed by atoms with Crippen molar-refractivity contribution in [3.63, 3.8) is 0 Å². The molecule has 1 aliphatic carbocycles. The number of hydrogen-bond acceptors (Lipinski definition) is 2. The van der Waals surface area contributed by atoms with Gasteiger partial charge in [-0.05, 0) is 31.4 Å². The molecule has 1 aromatic heterocycles. The molecule has 0 spiro atoms. The fraction of sp³-hybridized carbons (Fsp3) is 0.400. The van der Waals surface area contributed by atoms with Crippen LogP contribution in [0.15, 0.2) is 34.9 Å². The SMILES string of the molecule is Cc1ncc(CNC2CC2)n1Cc1ccccc1Br. The van der Waals surface area contributed by atoms with Gasteiger partial charge in [0, 0.05) is 23.3 Å². The van der Waals surface area contributed by atoms with Gasteiger partial charge in [-0.1, -0.05) is 34.1 Å². The first kappa shape index (κ1) is 12.9. The first-order valence-corrected chi connectivity index (χ1v) is 7.51. The second-order valence-corrected chi connectivity index (χ2v) is 5.98. The Labute approximate surface area is 122 Å². The summed E-state index contributed by atoms with van der Waals surface area (Å²) in [6.07, 6.45) is 4.62. The fourth-order valence-corrected chi connectivity index (χ4v) is 2.62. The van der Waals surface area contributed by atoms with Crippen LogP contribution in [0.1, 0.15) is 29.9 Å². The van der Waals surface area contributed by atoms with Crippen LogP contribution in [0.3, 0.4) is 0 Å². The van der Waals surface area contributed by atoms with Crippen molar-refractivity contribution < 1.29 is 0 Å². The number of aromatic nitrogens is 2. The van der Waals surface area contributed by atoms with E-state index >= 15 is 0 Å². The third-order valence-electron chi connectivity index (χ3n) is 3.57. The lowest BCUT2D eigenvalue weighted by atomic mass is 10.2. The predicted molar refractivity (Wildman–Crippen MR) is 80.1 cm³/mol. The largest absolute Gasteiger partial charge is 0.327 e. The molecule has 3 rings (SSSR count). The molecule has 1 fully saturated rings. The van der Waals surface area contributed by atoms with Crippen LogP contribution in [0.25, 0.3) is 0 Å². The fourth-order valence-electron chi connectivity index (χ4n) is 2.21. The Balaban J connectivity index is 1.79. The molecule has 0 bridgehead atoms. The van der Waals surface area contributed by atoms with Crippen LogP contribution in [0, 0.1) is 6.92 Å². The second kappa shape index (κ2) is 5.47. The zero-order valence-corrected chi connectivity index (χ0v) is 12.7. The topological polar surface area (TPSA) is 29.9 Å². The van der Waals surface area contributed by atoms with Crippen molar-refractivity contribution in [1.82, 2.24) is 14.9 Å². The summed E-state index contributed by atoms with van der Waals surface area (Å²) < 4.78 is 3.44. The average molecular weight is 320 g/mol. The van der Waals surface area contributed by atoms with E-state index in [-0.39, 0.29) is 0 Å². The predicted octanol–water partition coefficient (Wildman–Crippen LogP) is 3.25. The van der Waals surface area contributed by atoms with Crippen LogP contribution in [-0.2, 0) is 13.1 Å². The Bertz CT molecular complexity index is 573. The summed E-state index contributed by atoms with van der Waals surface area (Å²) in [5, 5.41) is 3.55. The maximum absolute atomic E-state index is 4.45. The summed E-state index contributed by atoms with van der Waals surface area (Å²) in [7, 11) is 0. The Morgan fingerprint density at radius 3 is 2.89 bits per heavy atom. The Kier molecular flexibility index (Phi) is 3.71. The van der Waals surface area contributed by atoms with Crippen LogP contribution in [0.2, 0.25) is 0 Å². The van der Waals surface area contributed by atoms with Crippen molar-refractivity contribution in [2.45, 2.75) is 38.9 Å². The number of halogens is 1. The third-order valence-corrected chi connectivity index (χ3v) is 4.35. The Morgan fingerprint density at radius 1 is 1.37 bits per heavy atom. The zero-order valence-electron chi connectivity index (χ0n) is 11.1. The van der Waals surface area contributed by atoms with E-state index in [0.29, 0.717) is 0 Å². The molecule has 19 heavy (non-hydrogen) atoms. The van der Waals surface area contributed by atoms with Crippen LogP contribution in [-0.4, -0.2) is 15.6 Å². The molecule has 1 N–H and O–H groups in total. The van der Waals surface area contributed by atoms with E-state index in [1.165, 1.54) is 24.1 Å². The van der Waals surface area contributed by atoms with Gasteiger partial charge in [0.2, 0.25) is 0 Å². The highest BCUT2D eigenvalue weighted by Crippen LogP contribution is 2.21. The molecule has 3 nitrogen and oxygen atoms in total. The molecular formula is C15H18BrN3. The van der Waals surface area contributed by atoms with Gasteiger partial charge in [0.1, 0.15) is 5.82 Å². The van der Waals surface area contributed by atoms with Crippen molar-refractivity contribution >= 4 is 15.9 Å². The van der Waals surface area contributed by atoms with Crippen molar-refractivity contribution in [1.29, 1.82) is 0 Å². The number of hydrogen-bond donors (Lipinski definition) is 1. The smallest absolute Gasteiger partial charge is 0.106 e. The van der Waals surface area contributed by atoms with Gasteiger partial charge >= 0.3 is 0 Å². The van der Waals surface area contributed by atoms with Crippen molar-refractivity contribution in [2.75, 3.05) is 0 Å².